The lowest BCUT2D eigenvalue weighted by atomic mass is 10.0. The molecule has 1 heterocycles. The SMILES string of the molecule is C=CCc1cc(/C=C2\SC(=O)N(CC(=O)Nc3ccccc3C)C2=O)cc(OCC)c1OCc1ccc(Br)cc1. The number of carbonyl (C=O) groups excluding carboxylic acids is 3. The van der Waals surface area contributed by atoms with Gasteiger partial charge >= 0.3 is 0 Å². The molecule has 1 N–H and O–H groups in total. The van der Waals surface area contributed by atoms with E-state index in [0.29, 0.717) is 42.4 Å². The topological polar surface area (TPSA) is 84.9 Å². The molecular formula is C31H29BrN2O5S. The van der Waals surface area contributed by atoms with Crippen molar-refractivity contribution in [2.24, 2.45) is 0 Å². The van der Waals surface area contributed by atoms with Crippen LogP contribution in [-0.2, 0) is 22.6 Å². The number of para-hydroxylation sites is 1. The Balaban J connectivity index is 1.55. The van der Waals surface area contributed by atoms with Crippen molar-refractivity contribution in [2.75, 3.05) is 18.5 Å². The summed E-state index contributed by atoms with van der Waals surface area (Å²) in [5, 5.41) is 2.26. The molecule has 0 radical (unpaired) electrons. The minimum Gasteiger partial charge on any atom is -0.490 e. The number of hydrogen-bond acceptors (Lipinski definition) is 6. The first kappa shape index (κ1) is 29.2. The molecular weight excluding hydrogens is 592 g/mol. The number of carbonyl (C=O) groups is 3. The summed E-state index contributed by atoms with van der Waals surface area (Å²) in [6.45, 7) is 8.00. The Morgan fingerprint density at radius 3 is 2.55 bits per heavy atom. The van der Waals surface area contributed by atoms with Crippen molar-refractivity contribution in [3.63, 3.8) is 0 Å². The molecule has 0 aromatic heterocycles. The van der Waals surface area contributed by atoms with Crippen LogP contribution in [0.15, 0.2) is 82.7 Å². The van der Waals surface area contributed by atoms with Gasteiger partial charge in [0.15, 0.2) is 11.5 Å². The quantitative estimate of drug-likeness (QED) is 0.181. The van der Waals surface area contributed by atoms with Gasteiger partial charge in [-0.3, -0.25) is 19.3 Å². The van der Waals surface area contributed by atoms with E-state index in [-0.39, 0.29) is 11.4 Å². The number of allylic oxidation sites excluding steroid dienone is 1. The van der Waals surface area contributed by atoms with Crippen molar-refractivity contribution < 1.29 is 23.9 Å². The van der Waals surface area contributed by atoms with Gasteiger partial charge < -0.3 is 14.8 Å². The minimum absolute atomic E-state index is 0.226. The molecule has 0 bridgehead atoms. The zero-order valence-corrected chi connectivity index (χ0v) is 24.6. The Labute approximate surface area is 246 Å². The lowest BCUT2D eigenvalue weighted by Crippen LogP contribution is -2.36. The maximum atomic E-state index is 13.1. The summed E-state index contributed by atoms with van der Waals surface area (Å²) in [7, 11) is 0. The molecule has 3 aromatic carbocycles. The van der Waals surface area contributed by atoms with Crippen LogP contribution in [0.25, 0.3) is 6.08 Å². The van der Waals surface area contributed by atoms with Crippen LogP contribution in [0, 0.1) is 6.92 Å². The first-order valence-corrected chi connectivity index (χ1v) is 14.3. The van der Waals surface area contributed by atoms with Crippen LogP contribution < -0.4 is 14.8 Å². The highest BCUT2D eigenvalue weighted by Gasteiger charge is 2.36. The van der Waals surface area contributed by atoms with Crippen molar-refractivity contribution in [1.82, 2.24) is 4.90 Å². The fourth-order valence-electron chi connectivity index (χ4n) is 4.07. The number of thioether (sulfide) groups is 1. The zero-order chi connectivity index (χ0) is 28.6. The molecule has 7 nitrogen and oxygen atoms in total. The van der Waals surface area contributed by atoms with Crippen LogP contribution in [-0.4, -0.2) is 35.1 Å². The summed E-state index contributed by atoms with van der Waals surface area (Å²) in [6, 6.07) is 18.8. The number of nitrogens with zero attached hydrogens (tertiary/aromatic N) is 1. The standard InChI is InChI=1S/C31H29BrN2O5S/c1-4-8-23-15-22(16-26(38-5-2)29(23)39-19-21-11-13-24(32)14-12-21)17-27-30(36)34(31(37)40-27)18-28(35)33-25-10-7-6-9-20(25)3/h4,6-7,9-17H,1,5,8,18-19H2,2-3H3,(H,33,35)/b27-17-. The summed E-state index contributed by atoms with van der Waals surface area (Å²) in [5.74, 6) is 0.163. The Kier molecular flexibility index (Phi) is 9.84. The average Bonchev–Trinajstić information content (AvgIpc) is 3.18. The van der Waals surface area contributed by atoms with Crippen LogP contribution in [0.4, 0.5) is 10.5 Å². The van der Waals surface area contributed by atoms with Crippen molar-refractivity contribution in [3.05, 3.63) is 105 Å². The van der Waals surface area contributed by atoms with Gasteiger partial charge in [-0.15, -0.1) is 6.58 Å². The third kappa shape index (κ3) is 7.22. The molecule has 3 amide bonds. The largest absolute Gasteiger partial charge is 0.490 e. The van der Waals surface area contributed by atoms with E-state index in [1.807, 2.05) is 56.3 Å². The molecule has 1 fully saturated rings. The monoisotopic (exact) mass is 620 g/mol. The predicted molar refractivity (Wildman–Crippen MR) is 162 cm³/mol. The molecule has 4 rings (SSSR count). The van der Waals surface area contributed by atoms with Gasteiger partial charge in [0.25, 0.3) is 11.1 Å². The Hall–Kier alpha value is -3.82. The Morgan fingerprint density at radius 1 is 1.10 bits per heavy atom. The molecule has 0 spiro atoms. The van der Waals surface area contributed by atoms with Gasteiger partial charge in [-0.05, 0) is 85.1 Å². The molecule has 1 aliphatic heterocycles. The molecule has 0 saturated carbocycles. The number of halogens is 1. The Bertz CT molecular complexity index is 1470. The zero-order valence-electron chi connectivity index (χ0n) is 22.2. The first-order chi connectivity index (χ1) is 19.3. The maximum absolute atomic E-state index is 13.1. The van der Waals surface area contributed by atoms with Gasteiger partial charge in [0.1, 0.15) is 13.2 Å². The van der Waals surface area contributed by atoms with Crippen LogP contribution in [0.2, 0.25) is 0 Å². The maximum Gasteiger partial charge on any atom is 0.294 e. The number of amides is 3. The van der Waals surface area contributed by atoms with Crippen LogP contribution in [0.1, 0.15) is 29.2 Å². The third-order valence-electron chi connectivity index (χ3n) is 6.01. The molecule has 9 heteroatoms. The van der Waals surface area contributed by atoms with Crippen molar-refractivity contribution >= 4 is 56.5 Å². The predicted octanol–water partition coefficient (Wildman–Crippen LogP) is 7.14. The van der Waals surface area contributed by atoms with E-state index >= 15 is 0 Å². The normalized spacial score (nSPS) is 14.0. The number of hydrogen-bond donors (Lipinski definition) is 1. The lowest BCUT2D eigenvalue weighted by molar-refractivity contribution is -0.127. The highest BCUT2D eigenvalue weighted by Crippen LogP contribution is 2.38. The molecule has 3 aromatic rings. The van der Waals surface area contributed by atoms with Crippen molar-refractivity contribution in [3.8, 4) is 11.5 Å². The highest BCUT2D eigenvalue weighted by molar-refractivity contribution is 9.10. The lowest BCUT2D eigenvalue weighted by Gasteiger charge is -2.17. The van der Waals surface area contributed by atoms with Gasteiger partial charge in [-0.25, -0.2) is 0 Å². The molecule has 0 unspecified atom stereocenters. The van der Waals surface area contributed by atoms with Gasteiger partial charge in [0, 0.05) is 15.7 Å². The van der Waals surface area contributed by atoms with Gasteiger partial charge in [-0.2, -0.15) is 0 Å². The second-order valence-electron chi connectivity index (χ2n) is 8.98. The number of ether oxygens (including phenoxy) is 2. The fourth-order valence-corrected chi connectivity index (χ4v) is 5.17. The average molecular weight is 622 g/mol. The smallest absolute Gasteiger partial charge is 0.294 e. The van der Waals surface area contributed by atoms with Crippen molar-refractivity contribution in [2.45, 2.75) is 26.9 Å². The molecule has 0 aliphatic carbocycles. The minimum atomic E-state index is -0.520. The van der Waals surface area contributed by atoms with E-state index in [4.69, 9.17) is 9.47 Å². The summed E-state index contributed by atoms with van der Waals surface area (Å²) in [4.78, 5) is 39.5. The molecule has 0 atom stereocenters. The van der Waals surface area contributed by atoms with E-state index in [1.54, 1.807) is 30.4 Å². The van der Waals surface area contributed by atoms with Crippen LogP contribution in [0.5, 0.6) is 11.5 Å². The number of imide groups is 1. The van der Waals surface area contributed by atoms with Crippen LogP contribution >= 0.6 is 27.7 Å². The van der Waals surface area contributed by atoms with Crippen molar-refractivity contribution in [1.29, 1.82) is 0 Å². The van der Waals surface area contributed by atoms with Gasteiger partial charge in [-0.1, -0.05) is 52.3 Å². The number of aryl methyl sites for hydroxylation is 1. The van der Waals surface area contributed by atoms with E-state index in [2.05, 4.69) is 27.8 Å². The summed E-state index contributed by atoms with van der Waals surface area (Å²) in [5.41, 5.74) is 4.02. The van der Waals surface area contributed by atoms with Gasteiger partial charge in [0.05, 0.1) is 11.5 Å². The summed E-state index contributed by atoms with van der Waals surface area (Å²) >= 11 is 4.24. The number of rotatable bonds is 11. The highest BCUT2D eigenvalue weighted by atomic mass is 79.9. The second kappa shape index (κ2) is 13.5. The second-order valence-corrected chi connectivity index (χ2v) is 10.9. The third-order valence-corrected chi connectivity index (χ3v) is 7.44. The number of anilines is 1. The fraction of sp³-hybridized carbons (Fsp3) is 0.194. The number of benzene rings is 3. The van der Waals surface area contributed by atoms with E-state index in [0.717, 1.165) is 37.8 Å². The molecule has 206 valence electrons. The van der Waals surface area contributed by atoms with E-state index in [1.165, 1.54) is 0 Å². The summed E-state index contributed by atoms with van der Waals surface area (Å²) < 4.78 is 13.1. The summed E-state index contributed by atoms with van der Waals surface area (Å²) in [6.07, 6.45) is 3.91. The van der Waals surface area contributed by atoms with E-state index in [9.17, 15) is 14.4 Å². The molecule has 40 heavy (non-hydrogen) atoms. The first-order valence-electron chi connectivity index (χ1n) is 12.7. The molecule has 1 saturated heterocycles. The Morgan fingerprint density at radius 2 is 1.85 bits per heavy atom. The molecule has 1 aliphatic rings. The van der Waals surface area contributed by atoms with Gasteiger partial charge in [0.2, 0.25) is 5.91 Å². The number of nitrogens with one attached hydrogen (secondary N) is 1. The van der Waals surface area contributed by atoms with Crippen LogP contribution in [0.3, 0.4) is 0 Å². The van der Waals surface area contributed by atoms with E-state index < -0.39 is 17.1 Å².